The molecule has 118 valence electrons. The third-order valence-electron chi connectivity index (χ3n) is 2.63. The molecule has 0 saturated carbocycles. The highest BCUT2D eigenvalue weighted by Gasteiger charge is 2.24. The Kier molecular flexibility index (Phi) is 6.26. The number of nitrogens with zero attached hydrogens (tertiary/aromatic N) is 1. The van der Waals surface area contributed by atoms with Crippen molar-refractivity contribution in [3.8, 4) is 5.75 Å². The van der Waals surface area contributed by atoms with Gasteiger partial charge in [0, 0.05) is 12.2 Å². The molecular weight excluding hydrogens is 304 g/mol. The standard InChI is InChI=1S/C12H17FNO6P/c1-4-19-21(17,5-2)20-8-9-6-10(13)12(18-3)11(7-9)14(15)16/h6-7H,4-5,8H2,1-3H3. The molecule has 0 aliphatic carbocycles. The number of nitro benzene ring substituents is 1. The van der Waals surface area contributed by atoms with Gasteiger partial charge in [-0.15, -0.1) is 0 Å². The number of hydrogen-bond acceptors (Lipinski definition) is 6. The van der Waals surface area contributed by atoms with Crippen molar-refractivity contribution in [1.82, 2.24) is 0 Å². The fourth-order valence-electron chi connectivity index (χ4n) is 1.64. The van der Waals surface area contributed by atoms with Crippen LogP contribution >= 0.6 is 7.60 Å². The lowest BCUT2D eigenvalue weighted by atomic mass is 10.2. The Labute approximate surface area is 121 Å². The summed E-state index contributed by atoms with van der Waals surface area (Å²) in [6, 6.07) is 2.16. The zero-order valence-corrected chi connectivity index (χ0v) is 12.9. The van der Waals surface area contributed by atoms with Crippen LogP contribution in [0.4, 0.5) is 10.1 Å². The van der Waals surface area contributed by atoms with E-state index in [2.05, 4.69) is 4.74 Å². The van der Waals surface area contributed by atoms with Gasteiger partial charge in [-0.25, -0.2) is 4.39 Å². The minimum absolute atomic E-state index is 0.154. The van der Waals surface area contributed by atoms with E-state index in [1.54, 1.807) is 13.8 Å². The van der Waals surface area contributed by atoms with Gasteiger partial charge in [0.1, 0.15) is 0 Å². The Morgan fingerprint density at radius 2 is 2.00 bits per heavy atom. The zero-order chi connectivity index (χ0) is 16.0. The molecule has 1 aromatic rings. The topological polar surface area (TPSA) is 87.9 Å². The van der Waals surface area contributed by atoms with Crippen molar-refractivity contribution < 1.29 is 27.7 Å². The fraction of sp³-hybridized carbons (Fsp3) is 0.500. The second-order valence-electron chi connectivity index (χ2n) is 4.01. The van der Waals surface area contributed by atoms with Gasteiger partial charge in [0.15, 0.2) is 5.82 Å². The summed E-state index contributed by atoms with van der Waals surface area (Å²) in [6.45, 7) is 3.26. The van der Waals surface area contributed by atoms with E-state index in [0.29, 0.717) is 0 Å². The van der Waals surface area contributed by atoms with Crippen LogP contribution in [0.3, 0.4) is 0 Å². The number of hydrogen-bond donors (Lipinski definition) is 0. The van der Waals surface area contributed by atoms with Gasteiger partial charge in [-0.3, -0.25) is 14.7 Å². The van der Waals surface area contributed by atoms with Crippen LogP contribution in [0, 0.1) is 15.9 Å². The second kappa shape index (κ2) is 7.49. The van der Waals surface area contributed by atoms with E-state index in [-0.39, 0.29) is 24.9 Å². The maximum atomic E-state index is 13.7. The molecule has 1 rings (SSSR count). The SMILES string of the molecule is CCOP(=O)(CC)OCc1cc(F)c(OC)c([N+](=O)[O-])c1. The van der Waals surface area contributed by atoms with Crippen molar-refractivity contribution in [3.63, 3.8) is 0 Å². The van der Waals surface area contributed by atoms with Gasteiger partial charge >= 0.3 is 13.3 Å². The molecule has 0 saturated heterocycles. The van der Waals surface area contributed by atoms with E-state index in [4.69, 9.17) is 9.05 Å². The Balaban J connectivity index is 3.00. The molecule has 21 heavy (non-hydrogen) atoms. The number of rotatable bonds is 8. The number of ether oxygens (including phenoxy) is 1. The summed E-state index contributed by atoms with van der Waals surface area (Å²) >= 11 is 0. The molecule has 0 bridgehead atoms. The van der Waals surface area contributed by atoms with Crippen LogP contribution in [0.1, 0.15) is 19.4 Å². The highest BCUT2D eigenvalue weighted by atomic mass is 31.2. The minimum Gasteiger partial charge on any atom is -0.488 e. The molecule has 0 aromatic heterocycles. The van der Waals surface area contributed by atoms with Crippen molar-refractivity contribution in [1.29, 1.82) is 0 Å². The minimum atomic E-state index is -3.26. The number of methoxy groups -OCH3 is 1. The fourth-order valence-corrected chi connectivity index (χ4v) is 2.82. The largest absolute Gasteiger partial charge is 0.488 e. The van der Waals surface area contributed by atoms with Crippen LogP contribution in [0.15, 0.2) is 12.1 Å². The van der Waals surface area contributed by atoms with Gasteiger partial charge in [0.2, 0.25) is 5.75 Å². The van der Waals surface area contributed by atoms with Gasteiger partial charge in [0.05, 0.1) is 25.2 Å². The maximum Gasteiger partial charge on any atom is 0.330 e. The second-order valence-corrected chi connectivity index (χ2v) is 6.38. The lowest BCUT2D eigenvalue weighted by Gasteiger charge is -2.16. The Bertz CT molecular complexity index is 565. The molecule has 9 heteroatoms. The lowest BCUT2D eigenvalue weighted by Crippen LogP contribution is -2.02. The third kappa shape index (κ3) is 4.49. The Morgan fingerprint density at radius 1 is 1.33 bits per heavy atom. The van der Waals surface area contributed by atoms with Crippen LogP contribution in [0.25, 0.3) is 0 Å². The average molecular weight is 321 g/mol. The van der Waals surface area contributed by atoms with Crippen molar-refractivity contribution in [2.75, 3.05) is 19.9 Å². The normalized spacial score (nSPS) is 13.7. The molecule has 7 nitrogen and oxygen atoms in total. The molecule has 1 aromatic carbocycles. The first-order valence-corrected chi connectivity index (χ1v) is 7.98. The third-order valence-corrected chi connectivity index (χ3v) is 4.57. The molecule has 1 unspecified atom stereocenters. The maximum absolute atomic E-state index is 13.7. The summed E-state index contributed by atoms with van der Waals surface area (Å²) in [6.07, 6.45) is 0.154. The van der Waals surface area contributed by atoms with Gasteiger partial charge in [-0.2, -0.15) is 0 Å². The van der Waals surface area contributed by atoms with Crippen molar-refractivity contribution in [2.45, 2.75) is 20.5 Å². The van der Waals surface area contributed by atoms with Crippen LogP contribution < -0.4 is 4.74 Å². The van der Waals surface area contributed by atoms with E-state index >= 15 is 0 Å². The summed E-state index contributed by atoms with van der Waals surface area (Å²) in [7, 11) is -2.12. The van der Waals surface area contributed by atoms with Crippen LogP contribution in [0.2, 0.25) is 0 Å². The van der Waals surface area contributed by atoms with E-state index in [1.807, 2.05) is 0 Å². The molecular formula is C12H17FNO6P. The van der Waals surface area contributed by atoms with Crippen molar-refractivity contribution >= 4 is 13.3 Å². The van der Waals surface area contributed by atoms with Crippen molar-refractivity contribution in [3.05, 3.63) is 33.6 Å². The highest BCUT2D eigenvalue weighted by molar-refractivity contribution is 7.53. The van der Waals surface area contributed by atoms with E-state index in [1.165, 1.54) is 0 Å². The molecule has 0 aliphatic rings. The van der Waals surface area contributed by atoms with Crippen LogP contribution in [0.5, 0.6) is 5.75 Å². The van der Waals surface area contributed by atoms with Crippen LogP contribution in [-0.2, 0) is 20.2 Å². The first-order chi connectivity index (χ1) is 9.86. The number of halogens is 1. The molecule has 0 N–H and O–H groups in total. The average Bonchev–Trinajstić information content (AvgIpc) is 2.44. The predicted molar refractivity (Wildman–Crippen MR) is 74.2 cm³/mol. The van der Waals surface area contributed by atoms with Crippen molar-refractivity contribution in [2.24, 2.45) is 0 Å². The molecule has 0 fully saturated rings. The first-order valence-electron chi connectivity index (χ1n) is 6.25. The Hall–Kier alpha value is -1.50. The van der Waals surface area contributed by atoms with E-state index in [0.717, 1.165) is 19.2 Å². The quantitative estimate of drug-likeness (QED) is 0.413. The molecule has 0 heterocycles. The zero-order valence-electron chi connectivity index (χ0n) is 12.0. The van der Waals surface area contributed by atoms with E-state index < -0.39 is 29.8 Å². The summed E-state index contributed by atoms with van der Waals surface area (Å²) in [5, 5.41) is 10.9. The monoisotopic (exact) mass is 321 g/mol. The van der Waals surface area contributed by atoms with Gasteiger partial charge in [0.25, 0.3) is 0 Å². The van der Waals surface area contributed by atoms with Gasteiger partial charge in [-0.05, 0) is 18.6 Å². The smallest absolute Gasteiger partial charge is 0.330 e. The first kappa shape index (κ1) is 17.6. The molecule has 0 amide bonds. The number of nitro groups is 1. The molecule has 0 aliphatic heterocycles. The number of benzene rings is 1. The van der Waals surface area contributed by atoms with Crippen LogP contribution in [-0.4, -0.2) is 24.8 Å². The summed E-state index contributed by atoms with van der Waals surface area (Å²) < 4.78 is 40.7. The van der Waals surface area contributed by atoms with Gasteiger partial charge in [-0.1, -0.05) is 6.92 Å². The van der Waals surface area contributed by atoms with Gasteiger partial charge < -0.3 is 13.8 Å². The summed E-state index contributed by atoms with van der Waals surface area (Å²) in [4.78, 5) is 10.1. The van der Waals surface area contributed by atoms with E-state index in [9.17, 15) is 19.1 Å². The molecule has 0 spiro atoms. The molecule has 0 radical (unpaired) electrons. The predicted octanol–water partition coefficient (Wildman–Crippen LogP) is 3.51. The highest BCUT2D eigenvalue weighted by Crippen LogP contribution is 2.48. The summed E-state index contributed by atoms with van der Waals surface area (Å²) in [5.74, 6) is -1.33. The molecule has 1 atom stereocenters. The summed E-state index contributed by atoms with van der Waals surface area (Å²) in [5.41, 5.74) is -0.341. The lowest BCUT2D eigenvalue weighted by molar-refractivity contribution is -0.386. The Morgan fingerprint density at radius 3 is 2.48 bits per heavy atom.